The molecule has 0 bridgehead atoms. The Labute approximate surface area is 88.6 Å². The summed E-state index contributed by atoms with van der Waals surface area (Å²) in [6, 6.07) is 0. The van der Waals surface area contributed by atoms with Gasteiger partial charge in [0.25, 0.3) is 0 Å². The highest BCUT2D eigenvalue weighted by molar-refractivity contribution is 14.1. The van der Waals surface area contributed by atoms with E-state index < -0.39 is 0 Å². The summed E-state index contributed by atoms with van der Waals surface area (Å²) in [5.41, 5.74) is 0. The van der Waals surface area contributed by atoms with E-state index in [1.54, 1.807) is 0 Å². The van der Waals surface area contributed by atoms with E-state index in [0.717, 1.165) is 23.8 Å². The molecule has 0 saturated carbocycles. The topological polar surface area (TPSA) is 29.1 Å². The van der Waals surface area contributed by atoms with Crippen molar-refractivity contribution in [2.45, 2.75) is 39.0 Å². The average molecular weight is 283 g/mol. The molecular weight excluding hydrogens is 265 g/mol. The van der Waals surface area contributed by atoms with E-state index in [2.05, 4.69) is 34.8 Å². The zero-order chi connectivity index (χ0) is 9.23. The largest absolute Gasteiger partial charge is 0.356 e. The molecule has 2 nitrogen and oxygen atoms in total. The monoisotopic (exact) mass is 283 g/mol. The molecule has 0 atom stereocenters. The molecule has 0 aliphatic carbocycles. The van der Waals surface area contributed by atoms with Crippen LogP contribution in [0, 0.1) is 0 Å². The summed E-state index contributed by atoms with van der Waals surface area (Å²) < 4.78 is 1.12. The number of unbranched alkanes of at least 4 members (excludes halogenated alkanes) is 2. The van der Waals surface area contributed by atoms with Gasteiger partial charge in [-0.25, -0.2) is 0 Å². The smallest absolute Gasteiger partial charge is 0.219 e. The lowest BCUT2D eigenvalue weighted by molar-refractivity contribution is -0.121. The summed E-state index contributed by atoms with van der Waals surface area (Å²) in [4.78, 5) is 11.1. The number of amides is 1. The Kier molecular flexibility index (Phi) is 9.44. The van der Waals surface area contributed by atoms with E-state index in [-0.39, 0.29) is 5.91 Å². The van der Waals surface area contributed by atoms with Crippen LogP contribution in [0.25, 0.3) is 0 Å². The first kappa shape index (κ1) is 12.2. The predicted molar refractivity (Wildman–Crippen MR) is 60.7 cm³/mol. The number of alkyl halides is 1. The number of carbonyl (C=O) groups is 1. The SMILES string of the molecule is CCCCCC(=O)NCCCI. The van der Waals surface area contributed by atoms with Gasteiger partial charge in [0.05, 0.1) is 0 Å². The van der Waals surface area contributed by atoms with Gasteiger partial charge in [-0.1, -0.05) is 42.4 Å². The normalized spacial score (nSPS) is 9.83. The molecule has 0 aromatic heterocycles. The Morgan fingerprint density at radius 2 is 2.08 bits per heavy atom. The second-order valence-corrected chi connectivity index (χ2v) is 3.93. The Balaban J connectivity index is 3.10. The van der Waals surface area contributed by atoms with E-state index in [0.29, 0.717) is 6.42 Å². The highest BCUT2D eigenvalue weighted by atomic mass is 127. The van der Waals surface area contributed by atoms with E-state index in [1.807, 2.05) is 0 Å². The molecule has 0 spiro atoms. The van der Waals surface area contributed by atoms with Gasteiger partial charge < -0.3 is 5.32 Å². The second kappa shape index (κ2) is 9.29. The van der Waals surface area contributed by atoms with Gasteiger partial charge in [-0.3, -0.25) is 4.79 Å². The lowest BCUT2D eigenvalue weighted by Gasteiger charge is -2.02. The highest BCUT2D eigenvalue weighted by Gasteiger charge is 1.98. The van der Waals surface area contributed by atoms with Crippen molar-refractivity contribution in [3.05, 3.63) is 0 Å². The van der Waals surface area contributed by atoms with E-state index in [1.165, 1.54) is 12.8 Å². The number of nitrogens with one attached hydrogen (secondary N) is 1. The number of hydrogen-bond donors (Lipinski definition) is 1. The van der Waals surface area contributed by atoms with Gasteiger partial charge in [0.1, 0.15) is 0 Å². The van der Waals surface area contributed by atoms with Crippen LogP contribution in [0.2, 0.25) is 0 Å². The molecule has 0 fully saturated rings. The minimum atomic E-state index is 0.216. The zero-order valence-corrected chi connectivity index (χ0v) is 9.89. The van der Waals surface area contributed by atoms with E-state index in [9.17, 15) is 4.79 Å². The van der Waals surface area contributed by atoms with Crippen LogP contribution in [0.1, 0.15) is 39.0 Å². The maximum atomic E-state index is 11.1. The first-order valence-electron chi connectivity index (χ1n) is 4.64. The van der Waals surface area contributed by atoms with Crippen LogP contribution in [-0.4, -0.2) is 16.9 Å². The second-order valence-electron chi connectivity index (χ2n) is 2.85. The summed E-state index contributed by atoms with van der Waals surface area (Å²) in [7, 11) is 0. The molecule has 0 heterocycles. The van der Waals surface area contributed by atoms with Crippen molar-refractivity contribution < 1.29 is 4.79 Å². The lowest BCUT2D eigenvalue weighted by atomic mass is 10.2. The molecule has 0 aromatic rings. The van der Waals surface area contributed by atoms with Gasteiger partial charge in [-0.2, -0.15) is 0 Å². The third-order valence-electron chi connectivity index (χ3n) is 1.64. The summed E-state index contributed by atoms with van der Waals surface area (Å²) in [6.45, 7) is 2.99. The number of rotatable bonds is 7. The fourth-order valence-electron chi connectivity index (χ4n) is 0.919. The average Bonchev–Trinajstić information content (AvgIpc) is 2.06. The first-order chi connectivity index (χ1) is 5.81. The molecule has 72 valence electrons. The quantitative estimate of drug-likeness (QED) is 0.434. The van der Waals surface area contributed by atoms with Crippen LogP contribution in [0.4, 0.5) is 0 Å². The van der Waals surface area contributed by atoms with Crippen LogP contribution in [0.15, 0.2) is 0 Å². The van der Waals surface area contributed by atoms with E-state index in [4.69, 9.17) is 0 Å². The third kappa shape index (κ3) is 8.30. The van der Waals surface area contributed by atoms with Crippen LogP contribution in [-0.2, 0) is 4.79 Å². The maximum absolute atomic E-state index is 11.1. The number of carbonyl (C=O) groups excluding carboxylic acids is 1. The Bertz CT molecular complexity index is 105. The van der Waals surface area contributed by atoms with Crippen molar-refractivity contribution in [3.8, 4) is 0 Å². The van der Waals surface area contributed by atoms with Gasteiger partial charge >= 0.3 is 0 Å². The zero-order valence-electron chi connectivity index (χ0n) is 7.74. The Morgan fingerprint density at radius 3 is 2.67 bits per heavy atom. The molecule has 1 N–H and O–H groups in total. The van der Waals surface area contributed by atoms with Crippen molar-refractivity contribution >= 4 is 28.5 Å². The van der Waals surface area contributed by atoms with Crippen molar-refractivity contribution in [2.24, 2.45) is 0 Å². The van der Waals surface area contributed by atoms with Crippen LogP contribution in [0.5, 0.6) is 0 Å². The van der Waals surface area contributed by atoms with Gasteiger partial charge in [0.2, 0.25) is 5.91 Å². The standard InChI is InChI=1S/C9H18INO/c1-2-3-4-6-9(12)11-8-5-7-10/h2-8H2,1H3,(H,11,12). The molecule has 0 rings (SSSR count). The number of halogens is 1. The summed E-state index contributed by atoms with van der Waals surface area (Å²) in [6.07, 6.45) is 5.17. The molecule has 0 unspecified atom stereocenters. The van der Waals surface area contributed by atoms with Crippen molar-refractivity contribution in [3.63, 3.8) is 0 Å². The number of hydrogen-bond acceptors (Lipinski definition) is 1. The van der Waals surface area contributed by atoms with Crippen LogP contribution in [0.3, 0.4) is 0 Å². The fourth-order valence-corrected chi connectivity index (χ4v) is 1.30. The summed E-state index contributed by atoms with van der Waals surface area (Å²) in [5.74, 6) is 0.216. The summed E-state index contributed by atoms with van der Waals surface area (Å²) in [5, 5.41) is 2.90. The van der Waals surface area contributed by atoms with Gasteiger partial charge in [0, 0.05) is 17.4 Å². The minimum Gasteiger partial charge on any atom is -0.356 e. The van der Waals surface area contributed by atoms with Gasteiger partial charge in [-0.15, -0.1) is 0 Å². The van der Waals surface area contributed by atoms with Crippen molar-refractivity contribution in [1.29, 1.82) is 0 Å². The Morgan fingerprint density at radius 1 is 1.33 bits per heavy atom. The first-order valence-corrected chi connectivity index (χ1v) is 6.16. The molecule has 0 aromatic carbocycles. The molecule has 12 heavy (non-hydrogen) atoms. The van der Waals surface area contributed by atoms with E-state index >= 15 is 0 Å². The van der Waals surface area contributed by atoms with Gasteiger partial charge in [-0.05, 0) is 12.8 Å². The van der Waals surface area contributed by atoms with Crippen molar-refractivity contribution in [2.75, 3.05) is 11.0 Å². The highest BCUT2D eigenvalue weighted by Crippen LogP contribution is 1.98. The molecule has 0 aliphatic rings. The molecular formula is C9H18INO. The van der Waals surface area contributed by atoms with Crippen LogP contribution >= 0.6 is 22.6 Å². The minimum absolute atomic E-state index is 0.216. The fraction of sp³-hybridized carbons (Fsp3) is 0.889. The Hall–Kier alpha value is 0.200. The maximum Gasteiger partial charge on any atom is 0.219 e. The molecule has 0 aliphatic heterocycles. The third-order valence-corrected chi connectivity index (χ3v) is 2.40. The molecule has 0 radical (unpaired) electrons. The predicted octanol–water partition coefficient (Wildman–Crippen LogP) is 2.51. The molecule has 3 heteroatoms. The summed E-state index contributed by atoms with van der Waals surface area (Å²) >= 11 is 2.32. The molecule has 0 saturated heterocycles. The lowest BCUT2D eigenvalue weighted by Crippen LogP contribution is -2.24. The van der Waals surface area contributed by atoms with Crippen molar-refractivity contribution in [1.82, 2.24) is 5.32 Å². The molecule has 1 amide bonds. The van der Waals surface area contributed by atoms with Crippen LogP contribution < -0.4 is 5.32 Å². The van der Waals surface area contributed by atoms with Gasteiger partial charge in [0.15, 0.2) is 0 Å².